The van der Waals surface area contributed by atoms with Gasteiger partial charge in [0.1, 0.15) is 0 Å². The lowest BCUT2D eigenvalue weighted by Gasteiger charge is -2.22. The lowest BCUT2D eigenvalue weighted by molar-refractivity contribution is 0.452. The molecule has 1 N–H and O–H groups in total. The summed E-state index contributed by atoms with van der Waals surface area (Å²) in [4.78, 5) is 0. The van der Waals surface area contributed by atoms with E-state index in [2.05, 4.69) is 52.6 Å². The van der Waals surface area contributed by atoms with E-state index in [1.165, 1.54) is 35.2 Å². The first-order chi connectivity index (χ1) is 9.65. The van der Waals surface area contributed by atoms with Crippen LogP contribution in [0, 0.1) is 6.92 Å². The number of piperidine rings is 1. The number of nitrogens with zero attached hydrogens (tertiary/aromatic N) is 2. The lowest BCUT2D eigenvalue weighted by atomic mass is 9.90. The van der Waals surface area contributed by atoms with Crippen LogP contribution in [-0.4, -0.2) is 22.9 Å². The van der Waals surface area contributed by atoms with E-state index in [0.29, 0.717) is 5.92 Å². The minimum absolute atomic E-state index is 0.526. The van der Waals surface area contributed by atoms with E-state index in [0.717, 1.165) is 17.6 Å². The topological polar surface area (TPSA) is 29.9 Å². The summed E-state index contributed by atoms with van der Waals surface area (Å²) >= 11 is 3.58. The predicted octanol–water partition coefficient (Wildman–Crippen LogP) is 3.63. The first-order valence-corrected chi connectivity index (χ1v) is 7.95. The van der Waals surface area contributed by atoms with Gasteiger partial charge < -0.3 is 5.32 Å². The SMILES string of the molecule is Cc1ccc(Br)cc1-c1cn(C)nc1C1CCCNC1. The average Bonchev–Trinajstić information content (AvgIpc) is 2.84. The summed E-state index contributed by atoms with van der Waals surface area (Å²) in [5.41, 5.74) is 5.10. The van der Waals surface area contributed by atoms with Crippen LogP contribution >= 0.6 is 15.9 Å². The molecule has 0 radical (unpaired) electrons. The molecule has 0 spiro atoms. The van der Waals surface area contributed by atoms with Crippen LogP contribution in [0.15, 0.2) is 28.9 Å². The van der Waals surface area contributed by atoms with Crippen LogP contribution in [0.2, 0.25) is 0 Å². The third-order valence-electron chi connectivity index (χ3n) is 4.03. The molecule has 4 heteroatoms. The zero-order valence-electron chi connectivity index (χ0n) is 12.0. The van der Waals surface area contributed by atoms with Crippen molar-refractivity contribution in [3.8, 4) is 11.1 Å². The molecule has 1 saturated heterocycles. The highest BCUT2D eigenvalue weighted by atomic mass is 79.9. The highest BCUT2D eigenvalue weighted by molar-refractivity contribution is 9.10. The Balaban J connectivity index is 2.06. The van der Waals surface area contributed by atoms with Crippen molar-refractivity contribution in [3.05, 3.63) is 40.1 Å². The molecule has 3 nitrogen and oxygen atoms in total. The van der Waals surface area contributed by atoms with Crippen molar-refractivity contribution in [2.24, 2.45) is 7.05 Å². The molecular weight excluding hydrogens is 314 g/mol. The summed E-state index contributed by atoms with van der Waals surface area (Å²) in [6.45, 7) is 4.34. The predicted molar refractivity (Wildman–Crippen MR) is 85.9 cm³/mol. The summed E-state index contributed by atoms with van der Waals surface area (Å²) in [6.07, 6.45) is 4.61. The second-order valence-corrected chi connectivity index (χ2v) is 6.52. The third-order valence-corrected chi connectivity index (χ3v) is 4.52. The molecule has 1 aliphatic heterocycles. The summed E-state index contributed by atoms with van der Waals surface area (Å²) < 4.78 is 3.06. The Morgan fingerprint density at radius 3 is 2.95 bits per heavy atom. The maximum Gasteiger partial charge on any atom is 0.0746 e. The first-order valence-electron chi connectivity index (χ1n) is 7.16. The van der Waals surface area contributed by atoms with E-state index in [1.54, 1.807) is 0 Å². The van der Waals surface area contributed by atoms with Gasteiger partial charge in [0.15, 0.2) is 0 Å². The van der Waals surface area contributed by atoms with Crippen LogP contribution in [0.1, 0.15) is 30.0 Å². The summed E-state index contributed by atoms with van der Waals surface area (Å²) in [7, 11) is 2.01. The van der Waals surface area contributed by atoms with Crippen LogP contribution < -0.4 is 5.32 Å². The fraction of sp³-hybridized carbons (Fsp3) is 0.438. The van der Waals surface area contributed by atoms with Crippen molar-refractivity contribution in [1.82, 2.24) is 15.1 Å². The molecule has 1 fully saturated rings. The molecular formula is C16H20BrN3. The number of benzene rings is 1. The maximum absolute atomic E-state index is 4.74. The Kier molecular flexibility index (Phi) is 3.94. The lowest BCUT2D eigenvalue weighted by Crippen LogP contribution is -2.28. The Labute approximate surface area is 128 Å². The van der Waals surface area contributed by atoms with Crippen LogP contribution in [0.4, 0.5) is 0 Å². The van der Waals surface area contributed by atoms with Gasteiger partial charge in [0.2, 0.25) is 0 Å². The average molecular weight is 334 g/mol. The molecule has 0 saturated carbocycles. The van der Waals surface area contributed by atoms with E-state index in [4.69, 9.17) is 5.10 Å². The van der Waals surface area contributed by atoms with Crippen LogP contribution in [0.5, 0.6) is 0 Å². The molecule has 20 heavy (non-hydrogen) atoms. The smallest absolute Gasteiger partial charge is 0.0746 e. The van der Waals surface area contributed by atoms with Gasteiger partial charge in [-0.25, -0.2) is 0 Å². The summed E-state index contributed by atoms with van der Waals surface area (Å²) in [5, 5.41) is 8.23. The summed E-state index contributed by atoms with van der Waals surface area (Å²) in [6, 6.07) is 6.46. The monoisotopic (exact) mass is 333 g/mol. The molecule has 1 unspecified atom stereocenters. The first kappa shape index (κ1) is 13.8. The fourth-order valence-electron chi connectivity index (χ4n) is 2.98. The van der Waals surface area contributed by atoms with Gasteiger partial charge in [-0.2, -0.15) is 5.10 Å². The fourth-order valence-corrected chi connectivity index (χ4v) is 3.35. The summed E-state index contributed by atoms with van der Waals surface area (Å²) in [5.74, 6) is 0.526. The van der Waals surface area contributed by atoms with Crippen molar-refractivity contribution in [1.29, 1.82) is 0 Å². The zero-order valence-corrected chi connectivity index (χ0v) is 13.6. The number of nitrogens with one attached hydrogen (secondary N) is 1. The van der Waals surface area contributed by atoms with Crippen molar-refractivity contribution in [2.45, 2.75) is 25.7 Å². The molecule has 0 bridgehead atoms. The molecule has 0 aliphatic carbocycles. The van der Waals surface area contributed by atoms with Gasteiger partial charge in [-0.3, -0.25) is 4.68 Å². The Morgan fingerprint density at radius 2 is 2.20 bits per heavy atom. The van der Waals surface area contributed by atoms with Crippen molar-refractivity contribution in [2.75, 3.05) is 13.1 Å². The number of hydrogen-bond acceptors (Lipinski definition) is 2. The minimum atomic E-state index is 0.526. The molecule has 106 valence electrons. The Morgan fingerprint density at radius 1 is 1.35 bits per heavy atom. The molecule has 1 aliphatic rings. The van der Waals surface area contributed by atoms with E-state index in [1.807, 2.05) is 11.7 Å². The van der Waals surface area contributed by atoms with Gasteiger partial charge in [-0.1, -0.05) is 22.0 Å². The second kappa shape index (κ2) is 5.70. The molecule has 2 aromatic rings. The van der Waals surface area contributed by atoms with E-state index in [-0.39, 0.29) is 0 Å². The zero-order chi connectivity index (χ0) is 14.1. The number of rotatable bonds is 2. The van der Waals surface area contributed by atoms with E-state index in [9.17, 15) is 0 Å². The number of aromatic nitrogens is 2. The molecule has 1 aromatic carbocycles. The highest BCUT2D eigenvalue weighted by Gasteiger charge is 2.22. The van der Waals surface area contributed by atoms with Crippen molar-refractivity contribution >= 4 is 15.9 Å². The van der Waals surface area contributed by atoms with Gasteiger partial charge in [0.05, 0.1) is 5.69 Å². The van der Waals surface area contributed by atoms with E-state index < -0.39 is 0 Å². The Hall–Kier alpha value is -1.13. The molecule has 0 amide bonds. The Bertz CT molecular complexity index is 612. The van der Waals surface area contributed by atoms with Gasteiger partial charge in [0, 0.05) is 35.7 Å². The normalized spacial score (nSPS) is 19.2. The molecule has 3 rings (SSSR count). The second-order valence-electron chi connectivity index (χ2n) is 5.60. The van der Waals surface area contributed by atoms with Gasteiger partial charge in [-0.05, 0) is 49.6 Å². The number of aryl methyl sites for hydroxylation is 2. The van der Waals surface area contributed by atoms with Crippen LogP contribution in [0.25, 0.3) is 11.1 Å². The van der Waals surface area contributed by atoms with Gasteiger partial charge >= 0.3 is 0 Å². The highest BCUT2D eigenvalue weighted by Crippen LogP contribution is 2.34. The van der Waals surface area contributed by atoms with Crippen molar-refractivity contribution < 1.29 is 0 Å². The quantitative estimate of drug-likeness (QED) is 0.909. The number of hydrogen-bond donors (Lipinski definition) is 1. The van der Waals surface area contributed by atoms with Gasteiger partial charge in [-0.15, -0.1) is 0 Å². The molecule has 1 aromatic heterocycles. The van der Waals surface area contributed by atoms with E-state index >= 15 is 0 Å². The van der Waals surface area contributed by atoms with Crippen LogP contribution in [0.3, 0.4) is 0 Å². The molecule has 2 heterocycles. The molecule has 1 atom stereocenters. The standard InChI is InChI=1S/C16H20BrN3/c1-11-5-6-13(17)8-14(11)15-10-20(2)19-16(15)12-4-3-7-18-9-12/h5-6,8,10,12,18H,3-4,7,9H2,1-2H3. The van der Waals surface area contributed by atoms with Crippen molar-refractivity contribution in [3.63, 3.8) is 0 Å². The van der Waals surface area contributed by atoms with Gasteiger partial charge in [0.25, 0.3) is 0 Å². The third kappa shape index (κ3) is 2.67. The number of halogens is 1. The largest absolute Gasteiger partial charge is 0.316 e. The minimum Gasteiger partial charge on any atom is -0.316 e. The maximum atomic E-state index is 4.74. The van der Waals surface area contributed by atoms with Crippen LogP contribution in [-0.2, 0) is 7.05 Å².